The Kier molecular flexibility index (Phi) is 4.07. The first-order valence-electron chi connectivity index (χ1n) is 5.48. The first-order valence-corrected chi connectivity index (χ1v) is 5.48. The summed E-state index contributed by atoms with van der Waals surface area (Å²) in [6.45, 7) is 4.45. The molecule has 0 radical (unpaired) electrons. The van der Waals surface area contributed by atoms with Crippen molar-refractivity contribution in [2.45, 2.75) is 58.4 Å². The Bertz CT molecular complexity index is 112. The third-order valence-corrected chi connectivity index (χ3v) is 3.25. The van der Waals surface area contributed by atoms with E-state index >= 15 is 0 Å². The quantitative estimate of drug-likeness (QED) is 0.690. The van der Waals surface area contributed by atoms with Gasteiger partial charge < -0.3 is 5.73 Å². The van der Waals surface area contributed by atoms with Crippen LogP contribution in [-0.2, 0) is 0 Å². The fourth-order valence-electron chi connectivity index (χ4n) is 2.40. The minimum Gasteiger partial charge on any atom is -0.328 e. The molecule has 0 saturated heterocycles. The summed E-state index contributed by atoms with van der Waals surface area (Å²) in [5.41, 5.74) is 5.79. The van der Waals surface area contributed by atoms with Gasteiger partial charge in [-0.15, -0.1) is 0 Å². The van der Waals surface area contributed by atoms with E-state index in [-0.39, 0.29) is 0 Å². The second-order valence-corrected chi connectivity index (χ2v) is 4.51. The van der Waals surface area contributed by atoms with Crippen molar-refractivity contribution < 1.29 is 0 Å². The summed E-state index contributed by atoms with van der Waals surface area (Å²) >= 11 is 0. The molecule has 1 rings (SSSR count). The highest BCUT2D eigenvalue weighted by atomic mass is 14.6. The topological polar surface area (TPSA) is 26.0 Å². The highest BCUT2D eigenvalue weighted by molar-refractivity contribution is 4.73. The second kappa shape index (κ2) is 4.86. The molecule has 0 aromatic heterocycles. The zero-order chi connectivity index (χ0) is 8.97. The van der Waals surface area contributed by atoms with Crippen LogP contribution < -0.4 is 5.73 Å². The van der Waals surface area contributed by atoms with Crippen LogP contribution in [0.2, 0.25) is 0 Å². The van der Waals surface area contributed by atoms with Crippen molar-refractivity contribution >= 4 is 0 Å². The molecule has 12 heavy (non-hydrogen) atoms. The first-order chi connectivity index (χ1) is 5.72. The molecule has 0 amide bonds. The van der Waals surface area contributed by atoms with Crippen molar-refractivity contribution in [2.75, 3.05) is 0 Å². The minimum absolute atomic E-state index is 0.410. The molecule has 0 unspecified atom stereocenters. The van der Waals surface area contributed by atoms with Crippen LogP contribution in [0.1, 0.15) is 52.4 Å². The average Bonchev–Trinajstić information content (AvgIpc) is 2.05. The maximum Gasteiger partial charge on any atom is 0.00131 e. The minimum atomic E-state index is 0.410. The van der Waals surface area contributed by atoms with Crippen LogP contribution in [0.5, 0.6) is 0 Å². The Morgan fingerprint density at radius 3 is 2.08 bits per heavy atom. The summed E-state index contributed by atoms with van der Waals surface area (Å²) in [5.74, 6) is 1.96. The third kappa shape index (κ3) is 3.14. The van der Waals surface area contributed by atoms with Gasteiger partial charge >= 0.3 is 0 Å². The van der Waals surface area contributed by atoms with E-state index in [0.29, 0.717) is 6.04 Å². The zero-order valence-corrected chi connectivity index (χ0v) is 8.55. The Labute approximate surface area is 76.7 Å². The molecule has 72 valence electrons. The number of hydrogen-bond acceptors (Lipinski definition) is 1. The van der Waals surface area contributed by atoms with Crippen molar-refractivity contribution in [1.82, 2.24) is 0 Å². The zero-order valence-electron chi connectivity index (χ0n) is 8.55. The summed E-state index contributed by atoms with van der Waals surface area (Å²) < 4.78 is 0. The lowest BCUT2D eigenvalue weighted by molar-refractivity contribution is 0.250. The SMILES string of the molecule is CCC1CCC(C[C@H](C)N)CC1. The number of nitrogens with two attached hydrogens (primary N) is 1. The average molecular weight is 169 g/mol. The van der Waals surface area contributed by atoms with Gasteiger partial charge in [-0.05, 0) is 25.2 Å². The van der Waals surface area contributed by atoms with Crippen LogP contribution in [0.25, 0.3) is 0 Å². The number of hydrogen-bond donors (Lipinski definition) is 1. The third-order valence-electron chi connectivity index (χ3n) is 3.25. The van der Waals surface area contributed by atoms with Gasteiger partial charge in [-0.3, -0.25) is 0 Å². The van der Waals surface area contributed by atoms with Crippen molar-refractivity contribution in [3.8, 4) is 0 Å². The molecule has 1 heteroatoms. The summed E-state index contributed by atoms with van der Waals surface area (Å²) in [5, 5.41) is 0. The molecule has 1 aliphatic carbocycles. The second-order valence-electron chi connectivity index (χ2n) is 4.51. The Balaban J connectivity index is 2.17. The Morgan fingerprint density at radius 2 is 1.67 bits per heavy atom. The van der Waals surface area contributed by atoms with Crippen molar-refractivity contribution in [2.24, 2.45) is 17.6 Å². The first kappa shape index (κ1) is 10.0. The molecule has 0 aromatic carbocycles. The smallest absolute Gasteiger partial charge is 0.00131 e. The van der Waals surface area contributed by atoms with Crippen LogP contribution in [-0.4, -0.2) is 6.04 Å². The lowest BCUT2D eigenvalue weighted by Crippen LogP contribution is -2.23. The van der Waals surface area contributed by atoms with Gasteiger partial charge in [0.25, 0.3) is 0 Å². The molecule has 1 saturated carbocycles. The van der Waals surface area contributed by atoms with Crippen LogP contribution in [0.15, 0.2) is 0 Å². The van der Waals surface area contributed by atoms with E-state index in [2.05, 4.69) is 13.8 Å². The molecule has 0 spiro atoms. The molecule has 0 bridgehead atoms. The standard InChI is InChI=1S/C11H23N/c1-3-10-4-6-11(7-5-10)8-9(2)12/h9-11H,3-8,12H2,1-2H3/t9-,10?,11?/m0/s1. The molecular weight excluding hydrogens is 146 g/mol. The van der Waals surface area contributed by atoms with Gasteiger partial charge in [-0.1, -0.05) is 39.0 Å². The van der Waals surface area contributed by atoms with Crippen LogP contribution in [0.4, 0.5) is 0 Å². The van der Waals surface area contributed by atoms with E-state index in [4.69, 9.17) is 5.73 Å². The molecule has 0 aliphatic heterocycles. The van der Waals surface area contributed by atoms with E-state index in [1.807, 2.05) is 0 Å². The van der Waals surface area contributed by atoms with Crippen LogP contribution >= 0.6 is 0 Å². The summed E-state index contributed by atoms with van der Waals surface area (Å²) in [6, 6.07) is 0.410. The Hall–Kier alpha value is -0.0400. The molecule has 1 aliphatic rings. The monoisotopic (exact) mass is 169 g/mol. The van der Waals surface area contributed by atoms with E-state index in [1.165, 1.54) is 38.5 Å². The van der Waals surface area contributed by atoms with Crippen LogP contribution in [0.3, 0.4) is 0 Å². The van der Waals surface area contributed by atoms with Gasteiger partial charge in [0.1, 0.15) is 0 Å². The van der Waals surface area contributed by atoms with E-state index < -0.39 is 0 Å². The summed E-state index contributed by atoms with van der Waals surface area (Å²) in [7, 11) is 0. The Morgan fingerprint density at radius 1 is 1.17 bits per heavy atom. The van der Waals surface area contributed by atoms with Crippen molar-refractivity contribution in [3.05, 3.63) is 0 Å². The normalized spacial score (nSPS) is 33.2. The van der Waals surface area contributed by atoms with Gasteiger partial charge in [0.15, 0.2) is 0 Å². The summed E-state index contributed by atoms with van der Waals surface area (Å²) in [6.07, 6.45) is 8.39. The largest absolute Gasteiger partial charge is 0.328 e. The van der Waals surface area contributed by atoms with Gasteiger partial charge in [0.2, 0.25) is 0 Å². The maximum absolute atomic E-state index is 5.79. The molecule has 1 nitrogen and oxygen atoms in total. The molecule has 0 heterocycles. The van der Waals surface area contributed by atoms with Gasteiger partial charge in [-0.2, -0.15) is 0 Å². The highest BCUT2D eigenvalue weighted by Crippen LogP contribution is 2.32. The van der Waals surface area contributed by atoms with Gasteiger partial charge in [0.05, 0.1) is 0 Å². The number of rotatable bonds is 3. The van der Waals surface area contributed by atoms with Gasteiger partial charge in [-0.25, -0.2) is 0 Å². The molecule has 2 N–H and O–H groups in total. The fraction of sp³-hybridized carbons (Fsp3) is 1.00. The molecule has 1 atom stereocenters. The van der Waals surface area contributed by atoms with Gasteiger partial charge in [0, 0.05) is 6.04 Å². The summed E-state index contributed by atoms with van der Waals surface area (Å²) in [4.78, 5) is 0. The van der Waals surface area contributed by atoms with Crippen molar-refractivity contribution in [1.29, 1.82) is 0 Å². The predicted molar refractivity (Wildman–Crippen MR) is 54.0 cm³/mol. The molecule has 0 aromatic rings. The fourth-order valence-corrected chi connectivity index (χ4v) is 2.40. The van der Waals surface area contributed by atoms with E-state index in [0.717, 1.165) is 11.8 Å². The van der Waals surface area contributed by atoms with E-state index in [9.17, 15) is 0 Å². The van der Waals surface area contributed by atoms with E-state index in [1.54, 1.807) is 0 Å². The highest BCUT2D eigenvalue weighted by Gasteiger charge is 2.20. The molecule has 1 fully saturated rings. The maximum atomic E-state index is 5.79. The van der Waals surface area contributed by atoms with Crippen LogP contribution in [0, 0.1) is 11.8 Å². The lowest BCUT2D eigenvalue weighted by atomic mass is 9.78. The lowest BCUT2D eigenvalue weighted by Gasteiger charge is -2.28. The molecular formula is C11H23N. The predicted octanol–water partition coefficient (Wildman–Crippen LogP) is 2.94. The van der Waals surface area contributed by atoms with Crippen molar-refractivity contribution in [3.63, 3.8) is 0 Å².